The molecule has 21 nitrogen and oxygen atoms in total. The van der Waals surface area contributed by atoms with Crippen molar-refractivity contribution >= 4 is 17.1 Å². The first-order valence-electron chi connectivity index (χ1n) is 35.6. The molecule has 0 unspecified atom stereocenters. The van der Waals surface area contributed by atoms with Crippen LogP contribution in [0.4, 0.5) is 21.5 Å². The third-order valence-electron chi connectivity index (χ3n) is 21.5. The summed E-state index contributed by atoms with van der Waals surface area (Å²) in [5, 5.41) is 44.2. The van der Waals surface area contributed by atoms with E-state index in [4.69, 9.17) is 10.5 Å². The first-order chi connectivity index (χ1) is 50.0. The van der Waals surface area contributed by atoms with Crippen LogP contribution in [0.15, 0.2) is 177 Å². The van der Waals surface area contributed by atoms with E-state index in [1.54, 1.807) is 6.33 Å². The Morgan fingerprint density at radius 3 is 1.46 bits per heavy atom. The molecule has 5 atom stereocenters. The maximum atomic E-state index is 13.4. The quantitative estimate of drug-likeness (QED) is 0.112. The number of aromatic nitrogens is 13. The Bertz CT molecular complexity index is 5170. The summed E-state index contributed by atoms with van der Waals surface area (Å²) in [6.45, 7) is 16.8. The average Bonchev–Trinajstić information content (AvgIpc) is 1.62. The van der Waals surface area contributed by atoms with Crippen LogP contribution in [0.25, 0.3) is 85.0 Å². The van der Waals surface area contributed by atoms with E-state index in [1.807, 2.05) is 76.4 Å². The SMILES string of the molecule is CN(C)C[C@@H]1CCN(c2ccc3c(c2)Cn2cc(-c4ccc(C#N)cc4)cc2-c2nnnn2-3)C1.C[C@@H]1CN(c2ccc3c(c2)Cn2cc(-c4ccc(F)cc4)cc2-c2ncnn2-3)C[C@@H]1CN(C)C.C[C@H]1CN(c2ccc3c(c2)Cn2cc(-c4ccc(C#N)cc4)cc2-c2nncn2-3)C[C@@H]1CN(C)C. The fourth-order valence-corrected chi connectivity index (χ4v) is 16.3. The third-order valence-corrected chi connectivity index (χ3v) is 21.5. The number of rotatable bonds is 12. The predicted molar refractivity (Wildman–Crippen MR) is 401 cm³/mol. The fraction of sp³-hybridized carbons (Fsp3) is 0.321. The number of halogens is 1. The largest absolute Gasteiger partial charge is 0.371 e. The van der Waals surface area contributed by atoms with Crippen molar-refractivity contribution in [2.75, 3.05) is 116 Å². The van der Waals surface area contributed by atoms with Crippen molar-refractivity contribution in [1.82, 2.24) is 78.1 Å². The van der Waals surface area contributed by atoms with Crippen LogP contribution in [-0.2, 0) is 19.6 Å². The second kappa shape index (κ2) is 27.6. The van der Waals surface area contributed by atoms with Gasteiger partial charge < -0.3 is 43.1 Å². The molecule has 3 saturated heterocycles. The molecule has 520 valence electrons. The summed E-state index contributed by atoms with van der Waals surface area (Å²) in [7, 11) is 12.9. The number of nitrogens with zero attached hydrogens (tertiary/aromatic N) is 21. The normalized spacial score (nSPS) is 18.2. The Morgan fingerprint density at radius 1 is 0.476 bits per heavy atom. The van der Waals surface area contributed by atoms with Gasteiger partial charge in [0.15, 0.2) is 11.6 Å². The maximum absolute atomic E-state index is 13.4. The molecule has 0 spiro atoms. The molecule has 0 amide bonds. The van der Waals surface area contributed by atoms with E-state index < -0.39 is 0 Å². The van der Waals surface area contributed by atoms with Crippen LogP contribution >= 0.6 is 0 Å². The van der Waals surface area contributed by atoms with Crippen LogP contribution < -0.4 is 14.7 Å². The number of anilines is 3. The molecule has 0 N–H and O–H groups in total. The van der Waals surface area contributed by atoms with Gasteiger partial charge in [0, 0.05) is 131 Å². The molecule has 103 heavy (non-hydrogen) atoms. The molecular weight excluding hydrogens is 1290 g/mol. The van der Waals surface area contributed by atoms with Gasteiger partial charge in [0.05, 0.1) is 57.4 Å². The summed E-state index contributed by atoms with van der Waals surface area (Å²) in [6, 6.07) is 53.0. The first kappa shape index (κ1) is 66.3. The molecule has 6 aliphatic heterocycles. The van der Waals surface area contributed by atoms with Crippen LogP contribution in [0.3, 0.4) is 0 Å². The number of hydrogen-bond donors (Lipinski definition) is 0. The van der Waals surface area contributed by atoms with E-state index in [1.165, 1.54) is 52.3 Å². The molecule has 0 aliphatic carbocycles. The summed E-state index contributed by atoms with van der Waals surface area (Å²) in [5.41, 5.74) is 21.4. The lowest BCUT2D eigenvalue weighted by atomic mass is 9.98. The van der Waals surface area contributed by atoms with Crippen molar-refractivity contribution in [3.05, 3.63) is 210 Å². The van der Waals surface area contributed by atoms with Crippen molar-refractivity contribution in [1.29, 1.82) is 10.5 Å². The minimum Gasteiger partial charge on any atom is -0.371 e. The Morgan fingerprint density at radius 2 is 0.942 bits per heavy atom. The Hall–Kier alpha value is -11.3. The standard InChI is InChI=1S/C28H29N7.C27H29FN6.C26H26N8/c1-19-13-33(17-24(19)14-32(2)3)25-8-9-26-23(10-25)16-34-15-22(21-6-4-20(12-29)5-7-21)11-27(34)28-31-30-18-35(26)28;1-18-12-32(16-22(18)13-31(2)3)24-8-9-25-21(10-24)15-33-14-20(19-4-6-23(28)7-5-19)11-26(33)27-29-17-30-34(25)27;1-31(2)14-19-9-10-32(15-19)23-7-8-24-22(11-23)17-33-16-21(20-5-3-18(13-27)4-6-20)12-25(33)26-28-29-30-34(24)26/h4-11,15,18-19,24H,13-14,16-17H2,1-3H3;4-11,14,17-18,22H,12-13,15-16H2,1-3H3;3-8,11-12,16,19H,9-10,14-15,17H2,1-2H3/t19-,24-;18-,22+;19-/m010/s1. The van der Waals surface area contributed by atoms with Crippen LogP contribution in [0.1, 0.15) is 48.1 Å². The van der Waals surface area contributed by atoms with Gasteiger partial charge in [-0.25, -0.2) is 14.1 Å². The van der Waals surface area contributed by atoms with Gasteiger partial charge in [-0.2, -0.15) is 20.3 Å². The van der Waals surface area contributed by atoms with Crippen LogP contribution in [0.2, 0.25) is 0 Å². The molecule has 6 aromatic heterocycles. The summed E-state index contributed by atoms with van der Waals surface area (Å²) in [5.74, 6) is 5.56. The van der Waals surface area contributed by atoms with E-state index in [-0.39, 0.29) is 5.82 Å². The number of benzene rings is 6. The third kappa shape index (κ3) is 13.2. The first-order valence-corrected chi connectivity index (χ1v) is 35.6. The lowest BCUT2D eigenvalue weighted by Gasteiger charge is -2.22. The zero-order valence-corrected chi connectivity index (χ0v) is 59.6. The van der Waals surface area contributed by atoms with Crippen molar-refractivity contribution in [2.24, 2.45) is 29.6 Å². The van der Waals surface area contributed by atoms with Gasteiger partial charge in [0.2, 0.25) is 5.82 Å². The number of tetrazole rings is 1. The van der Waals surface area contributed by atoms with Gasteiger partial charge in [-0.3, -0.25) is 4.57 Å². The second-order valence-corrected chi connectivity index (χ2v) is 29.7. The van der Waals surface area contributed by atoms with Gasteiger partial charge >= 0.3 is 0 Å². The zero-order valence-electron chi connectivity index (χ0n) is 59.6. The Labute approximate surface area is 600 Å². The fourth-order valence-electron chi connectivity index (χ4n) is 16.3. The average molecular weight is 1370 g/mol. The van der Waals surface area contributed by atoms with E-state index in [9.17, 15) is 4.39 Å². The molecule has 12 aromatic rings. The highest BCUT2D eigenvalue weighted by Gasteiger charge is 2.34. The molecule has 6 aliphatic rings. The maximum Gasteiger partial charge on any atom is 0.203 e. The summed E-state index contributed by atoms with van der Waals surface area (Å²) >= 11 is 0. The number of fused-ring (bicyclic) bond motifs is 15. The number of nitriles is 2. The summed E-state index contributed by atoms with van der Waals surface area (Å²) < 4.78 is 26.1. The predicted octanol–water partition coefficient (Wildman–Crippen LogP) is 12.2. The summed E-state index contributed by atoms with van der Waals surface area (Å²) in [6.07, 6.45) is 11.1. The summed E-state index contributed by atoms with van der Waals surface area (Å²) in [4.78, 5) is 19.0. The van der Waals surface area contributed by atoms with E-state index in [0.29, 0.717) is 40.7 Å². The molecule has 3 fully saturated rings. The smallest absolute Gasteiger partial charge is 0.203 e. The zero-order chi connectivity index (χ0) is 70.7. The molecule has 6 aromatic carbocycles. The van der Waals surface area contributed by atoms with Crippen LogP contribution in [0.5, 0.6) is 0 Å². The van der Waals surface area contributed by atoms with Gasteiger partial charge in [-0.15, -0.1) is 15.3 Å². The Kier molecular flexibility index (Phi) is 17.7. The van der Waals surface area contributed by atoms with E-state index in [2.05, 4.69) is 243 Å². The van der Waals surface area contributed by atoms with Crippen molar-refractivity contribution in [3.63, 3.8) is 0 Å². The van der Waals surface area contributed by atoms with Gasteiger partial charge in [0.1, 0.15) is 18.5 Å². The van der Waals surface area contributed by atoms with E-state index in [0.717, 1.165) is 164 Å². The van der Waals surface area contributed by atoms with Crippen molar-refractivity contribution in [3.8, 4) is 97.1 Å². The minimum absolute atomic E-state index is 0.227. The van der Waals surface area contributed by atoms with Crippen molar-refractivity contribution in [2.45, 2.75) is 39.9 Å². The van der Waals surface area contributed by atoms with E-state index >= 15 is 0 Å². The van der Waals surface area contributed by atoms with Crippen molar-refractivity contribution < 1.29 is 4.39 Å². The Balaban J connectivity index is 0.000000119. The highest BCUT2D eigenvalue weighted by atomic mass is 19.1. The monoisotopic (exact) mass is 1370 g/mol. The van der Waals surface area contributed by atoms with Crippen LogP contribution in [0, 0.1) is 58.1 Å². The second-order valence-electron chi connectivity index (χ2n) is 29.7. The van der Waals surface area contributed by atoms with Gasteiger partial charge in [-0.1, -0.05) is 50.2 Å². The lowest BCUT2D eigenvalue weighted by Crippen LogP contribution is -2.27. The number of hydrogen-bond acceptors (Lipinski definition) is 15. The molecule has 22 heteroatoms. The van der Waals surface area contributed by atoms with Gasteiger partial charge in [-0.05, 0) is 231 Å². The molecule has 0 radical (unpaired) electrons. The topological polar surface area (TPSA) is 187 Å². The molecule has 18 rings (SSSR count). The molecular formula is C81H84FN21. The highest BCUT2D eigenvalue weighted by molar-refractivity contribution is 5.76. The molecule has 0 saturated carbocycles. The minimum atomic E-state index is -0.227. The molecule has 12 heterocycles. The van der Waals surface area contributed by atoms with Crippen LogP contribution in [-0.4, -0.2) is 179 Å². The lowest BCUT2D eigenvalue weighted by molar-refractivity contribution is 0.301. The molecule has 0 bridgehead atoms. The van der Waals surface area contributed by atoms with Gasteiger partial charge in [0.25, 0.3) is 0 Å². The highest BCUT2D eigenvalue weighted by Crippen LogP contribution is 2.41.